The SMILES string of the molecule is CC(C)(C)C(=O)CN1C2CCC1CN(CCCNc1ccc(C#N)cc1)C2. The minimum atomic E-state index is -0.242. The van der Waals surface area contributed by atoms with Crippen LogP contribution in [-0.2, 0) is 4.79 Å². The second-order valence-electron chi connectivity index (χ2n) is 8.96. The molecule has 1 aromatic rings. The van der Waals surface area contributed by atoms with E-state index in [1.807, 2.05) is 45.0 Å². The maximum atomic E-state index is 12.4. The molecular formula is C22H32N4O. The zero-order valence-electron chi connectivity index (χ0n) is 16.9. The number of carbonyl (C=O) groups excluding carboxylic acids is 1. The van der Waals surface area contributed by atoms with Gasteiger partial charge in [-0.3, -0.25) is 9.69 Å². The second kappa shape index (κ2) is 8.41. The molecule has 2 unspecified atom stereocenters. The molecule has 5 nitrogen and oxygen atoms in total. The third-order valence-electron chi connectivity index (χ3n) is 5.87. The molecule has 27 heavy (non-hydrogen) atoms. The topological polar surface area (TPSA) is 59.4 Å². The molecule has 0 radical (unpaired) electrons. The van der Waals surface area contributed by atoms with E-state index >= 15 is 0 Å². The van der Waals surface area contributed by atoms with Gasteiger partial charge < -0.3 is 10.2 Å². The first-order valence-corrected chi connectivity index (χ1v) is 10.1. The first-order valence-electron chi connectivity index (χ1n) is 10.1. The lowest BCUT2D eigenvalue weighted by molar-refractivity contribution is -0.129. The van der Waals surface area contributed by atoms with Crippen LogP contribution in [0.3, 0.4) is 0 Å². The molecule has 0 amide bonds. The Labute approximate surface area is 163 Å². The third-order valence-corrected chi connectivity index (χ3v) is 5.87. The van der Waals surface area contributed by atoms with E-state index in [0.29, 0.717) is 30.0 Å². The summed E-state index contributed by atoms with van der Waals surface area (Å²) < 4.78 is 0. The number of benzene rings is 1. The molecule has 1 N–H and O–H groups in total. The van der Waals surface area contributed by atoms with Crippen LogP contribution in [0.5, 0.6) is 0 Å². The second-order valence-corrected chi connectivity index (χ2v) is 8.96. The molecule has 2 heterocycles. The number of likely N-dealkylation sites (tertiary alicyclic amines) is 1. The van der Waals surface area contributed by atoms with Gasteiger partial charge in [-0.05, 0) is 50.1 Å². The molecule has 2 bridgehead atoms. The summed E-state index contributed by atoms with van der Waals surface area (Å²) in [6, 6.07) is 10.8. The zero-order chi connectivity index (χ0) is 19.4. The highest BCUT2D eigenvalue weighted by Gasteiger charge is 2.41. The van der Waals surface area contributed by atoms with Crippen molar-refractivity contribution >= 4 is 11.5 Å². The molecule has 0 spiro atoms. The number of anilines is 1. The Kier molecular flexibility index (Phi) is 6.18. The molecular weight excluding hydrogens is 336 g/mol. The number of piperazine rings is 1. The van der Waals surface area contributed by atoms with Crippen molar-refractivity contribution in [2.45, 2.75) is 52.1 Å². The van der Waals surface area contributed by atoms with Crippen molar-refractivity contribution in [3.63, 3.8) is 0 Å². The van der Waals surface area contributed by atoms with E-state index in [9.17, 15) is 4.79 Å². The van der Waals surface area contributed by atoms with Crippen molar-refractivity contribution in [1.29, 1.82) is 5.26 Å². The summed E-state index contributed by atoms with van der Waals surface area (Å²) in [6.07, 6.45) is 3.55. The number of hydrogen-bond acceptors (Lipinski definition) is 5. The number of nitrogens with zero attached hydrogens (tertiary/aromatic N) is 3. The van der Waals surface area contributed by atoms with E-state index < -0.39 is 0 Å². The lowest BCUT2D eigenvalue weighted by Crippen LogP contribution is -2.55. The number of nitriles is 1. The predicted molar refractivity (Wildman–Crippen MR) is 109 cm³/mol. The number of ketones is 1. The number of hydrogen-bond donors (Lipinski definition) is 1. The minimum Gasteiger partial charge on any atom is -0.385 e. The van der Waals surface area contributed by atoms with E-state index in [-0.39, 0.29) is 5.41 Å². The highest BCUT2D eigenvalue weighted by molar-refractivity contribution is 5.85. The van der Waals surface area contributed by atoms with Gasteiger partial charge >= 0.3 is 0 Å². The van der Waals surface area contributed by atoms with E-state index in [4.69, 9.17) is 5.26 Å². The molecule has 2 atom stereocenters. The maximum absolute atomic E-state index is 12.4. The van der Waals surface area contributed by atoms with E-state index in [0.717, 1.165) is 38.3 Å². The summed E-state index contributed by atoms with van der Waals surface area (Å²) in [4.78, 5) is 17.5. The molecule has 0 saturated carbocycles. The lowest BCUT2D eigenvalue weighted by Gasteiger charge is -2.41. The number of fused-ring (bicyclic) bond motifs is 2. The van der Waals surface area contributed by atoms with Crippen LogP contribution in [0.25, 0.3) is 0 Å². The largest absolute Gasteiger partial charge is 0.385 e. The summed E-state index contributed by atoms with van der Waals surface area (Å²) in [5.41, 5.74) is 1.52. The third kappa shape index (κ3) is 5.09. The van der Waals surface area contributed by atoms with Crippen LogP contribution in [0.1, 0.15) is 45.6 Å². The van der Waals surface area contributed by atoms with Crippen LogP contribution in [0.15, 0.2) is 24.3 Å². The number of carbonyl (C=O) groups is 1. The van der Waals surface area contributed by atoms with Gasteiger partial charge in [0.25, 0.3) is 0 Å². The lowest BCUT2D eigenvalue weighted by atomic mass is 9.90. The Morgan fingerprint density at radius 3 is 2.37 bits per heavy atom. The summed E-state index contributed by atoms with van der Waals surface area (Å²) in [5.74, 6) is 0.361. The van der Waals surface area contributed by atoms with Crippen molar-refractivity contribution in [1.82, 2.24) is 9.80 Å². The van der Waals surface area contributed by atoms with Crippen LogP contribution in [0.2, 0.25) is 0 Å². The van der Waals surface area contributed by atoms with Gasteiger partial charge in [-0.1, -0.05) is 20.8 Å². The fraction of sp³-hybridized carbons (Fsp3) is 0.636. The molecule has 5 heteroatoms. The quantitative estimate of drug-likeness (QED) is 0.750. The molecule has 146 valence electrons. The first kappa shape index (κ1) is 19.9. The fourth-order valence-electron chi connectivity index (χ4n) is 4.12. The van der Waals surface area contributed by atoms with Crippen molar-refractivity contribution in [3.8, 4) is 6.07 Å². The van der Waals surface area contributed by atoms with Crippen molar-refractivity contribution < 1.29 is 4.79 Å². The number of Topliss-reactive ketones (excluding diaryl/α,β-unsaturated/α-hetero) is 1. The van der Waals surface area contributed by atoms with Crippen molar-refractivity contribution in [2.24, 2.45) is 5.41 Å². The molecule has 0 aliphatic carbocycles. The van der Waals surface area contributed by atoms with E-state index in [1.54, 1.807) is 0 Å². The predicted octanol–water partition coefficient (Wildman–Crippen LogP) is 3.12. The Hall–Kier alpha value is -1.90. The van der Waals surface area contributed by atoms with Gasteiger partial charge in [0.2, 0.25) is 0 Å². The van der Waals surface area contributed by atoms with Gasteiger partial charge in [-0.2, -0.15) is 5.26 Å². The molecule has 2 fully saturated rings. The molecule has 2 saturated heterocycles. The number of rotatable bonds is 7. The molecule has 0 aromatic heterocycles. The Balaban J connectivity index is 1.41. The highest BCUT2D eigenvalue weighted by Crippen LogP contribution is 2.31. The average molecular weight is 369 g/mol. The summed E-state index contributed by atoms with van der Waals surface area (Å²) >= 11 is 0. The molecule has 2 aliphatic rings. The standard InChI is InChI=1S/C22H32N4O/c1-22(2,3)21(27)16-26-19-9-10-20(26)15-25(14-19)12-4-11-24-18-7-5-17(13-23)6-8-18/h5-8,19-20,24H,4,9-12,14-16H2,1-3H3. The van der Waals surface area contributed by atoms with Crippen LogP contribution < -0.4 is 5.32 Å². The van der Waals surface area contributed by atoms with Crippen LogP contribution in [0.4, 0.5) is 5.69 Å². The summed E-state index contributed by atoms with van der Waals surface area (Å²) in [6.45, 7) is 10.9. The number of nitrogens with one attached hydrogen (secondary N) is 1. The Morgan fingerprint density at radius 2 is 1.81 bits per heavy atom. The minimum absolute atomic E-state index is 0.242. The van der Waals surface area contributed by atoms with E-state index in [2.05, 4.69) is 21.2 Å². The normalized spacial score (nSPS) is 23.2. The monoisotopic (exact) mass is 368 g/mol. The van der Waals surface area contributed by atoms with Gasteiger partial charge in [-0.15, -0.1) is 0 Å². The van der Waals surface area contributed by atoms with Crippen molar-refractivity contribution in [3.05, 3.63) is 29.8 Å². The summed E-state index contributed by atoms with van der Waals surface area (Å²) in [5, 5.41) is 12.3. The highest BCUT2D eigenvalue weighted by atomic mass is 16.1. The van der Waals surface area contributed by atoms with Crippen LogP contribution >= 0.6 is 0 Å². The molecule has 1 aromatic carbocycles. The van der Waals surface area contributed by atoms with Gasteiger partial charge in [0.1, 0.15) is 0 Å². The zero-order valence-corrected chi connectivity index (χ0v) is 16.9. The first-order chi connectivity index (χ1) is 12.9. The van der Waals surface area contributed by atoms with Gasteiger partial charge in [0, 0.05) is 42.8 Å². The van der Waals surface area contributed by atoms with Crippen molar-refractivity contribution in [2.75, 3.05) is 38.0 Å². The van der Waals surface area contributed by atoms with Crippen LogP contribution in [-0.4, -0.2) is 60.4 Å². The van der Waals surface area contributed by atoms with Gasteiger partial charge in [0.15, 0.2) is 5.78 Å². The Bertz CT molecular complexity index is 672. The van der Waals surface area contributed by atoms with Gasteiger partial charge in [-0.25, -0.2) is 0 Å². The fourth-order valence-corrected chi connectivity index (χ4v) is 4.12. The Morgan fingerprint density at radius 1 is 1.19 bits per heavy atom. The summed E-state index contributed by atoms with van der Waals surface area (Å²) in [7, 11) is 0. The molecule has 3 rings (SSSR count). The maximum Gasteiger partial charge on any atom is 0.152 e. The van der Waals surface area contributed by atoms with E-state index in [1.165, 1.54) is 12.8 Å². The smallest absolute Gasteiger partial charge is 0.152 e. The average Bonchev–Trinajstić information content (AvgIpc) is 2.87. The van der Waals surface area contributed by atoms with Crippen LogP contribution in [0, 0.1) is 16.7 Å². The van der Waals surface area contributed by atoms with Gasteiger partial charge in [0.05, 0.1) is 18.2 Å². The molecule has 2 aliphatic heterocycles.